The van der Waals surface area contributed by atoms with Gasteiger partial charge in [0.15, 0.2) is 0 Å². The molecule has 0 aliphatic heterocycles. The van der Waals surface area contributed by atoms with Crippen LogP contribution in [-0.2, 0) is 16.1 Å². The van der Waals surface area contributed by atoms with Crippen molar-refractivity contribution in [2.45, 2.75) is 33.2 Å². The molecule has 3 rings (SSSR count). The number of phenols is 1. The molecule has 0 spiro atoms. The highest BCUT2D eigenvalue weighted by molar-refractivity contribution is 5.81. The zero-order valence-corrected chi connectivity index (χ0v) is 14.8. The number of ether oxygens (including phenoxy) is 1. The molecule has 0 radical (unpaired) electrons. The van der Waals surface area contributed by atoms with Gasteiger partial charge in [0.1, 0.15) is 5.75 Å². The van der Waals surface area contributed by atoms with Gasteiger partial charge < -0.3 is 14.4 Å². The van der Waals surface area contributed by atoms with Crippen LogP contribution in [0.3, 0.4) is 0 Å². The maximum atomic E-state index is 10.4. The van der Waals surface area contributed by atoms with Crippen molar-refractivity contribution in [3.8, 4) is 5.75 Å². The van der Waals surface area contributed by atoms with Crippen molar-refractivity contribution in [1.82, 2.24) is 4.57 Å². The third-order valence-corrected chi connectivity index (χ3v) is 3.71. The molecule has 3 aromatic rings. The molecule has 1 aromatic heterocycles. The molecule has 0 atom stereocenters. The van der Waals surface area contributed by atoms with Gasteiger partial charge in [-0.1, -0.05) is 37.3 Å². The molecule has 0 bridgehead atoms. The van der Waals surface area contributed by atoms with Crippen LogP contribution in [0.1, 0.15) is 32.3 Å². The summed E-state index contributed by atoms with van der Waals surface area (Å²) >= 11 is 0. The van der Waals surface area contributed by atoms with Crippen molar-refractivity contribution in [3.05, 3.63) is 66.4 Å². The summed E-state index contributed by atoms with van der Waals surface area (Å²) < 4.78 is 6.83. The van der Waals surface area contributed by atoms with Crippen LogP contribution in [0.25, 0.3) is 10.9 Å². The van der Waals surface area contributed by atoms with Gasteiger partial charge in [-0.3, -0.25) is 4.79 Å². The molecule has 0 amide bonds. The highest BCUT2D eigenvalue weighted by Gasteiger charge is 2.02. The molecular formula is C21H25NO3. The van der Waals surface area contributed by atoms with Crippen LogP contribution in [-0.4, -0.2) is 22.2 Å². The second kappa shape index (κ2) is 9.52. The Labute approximate surface area is 148 Å². The van der Waals surface area contributed by atoms with Crippen LogP contribution < -0.4 is 0 Å². The SMILES string of the molecule is CCCC(=O)OCC.Oc1ccc2c(ccn2Cc2ccccc2)c1. The number of carbonyl (C=O) groups excluding carboxylic acids is 1. The van der Waals surface area contributed by atoms with E-state index in [2.05, 4.69) is 27.6 Å². The molecule has 0 aliphatic carbocycles. The van der Waals surface area contributed by atoms with Crippen LogP contribution in [0.5, 0.6) is 5.75 Å². The average Bonchev–Trinajstić information content (AvgIpc) is 2.99. The van der Waals surface area contributed by atoms with E-state index in [9.17, 15) is 9.90 Å². The number of benzene rings is 2. The second-order valence-electron chi connectivity index (χ2n) is 5.73. The molecule has 0 aliphatic rings. The molecular weight excluding hydrogens is 314 g/mol. The van der Waals surface area contributed by atoms with E-state index < -0.39 is 0 Å². The molecule has 2 aromatic carbocycles. The number of phenolic OH excluding ortho intramolecular Hbond substituents is 1. The van der Waals surface area contributed by atoms with Gasteiger partial charge in [-0.05, 0) is 43.2 Å². The molecule has 25 heavy (non-hydrogen) atoms. The maximum absolute atomic E-state index is 10.4. The van der Waals surface area contributed by atoms with Crippen molar-refractivity contribution < 1.29 is 14.6 Å². The van der Waals surface area contributed by atoms with E-state index in [1.54, 1.807) is 12.1 Å². The highest BCUT2D eigenvalue weighted by atomic mass is 16.5. The number of aromatic nitrogens is 1. The minimum atomic E-state index is -0.0880. The number of aromatic hydroxyl groups is 1. The standard InChI is InChI=1S/C15H13NO.C6H12O2/c17-14-6-7-15-13(10-14)8-9-16(15)11-12-4-2-1-3-5-12;1-3-5-6(7)8-4-2/h1-10,17H,11H2;3-5H2,1-2H3. The summed E-state index contributed by atoms with van der Waals surface area (Å²) in [6, 6.07) is 17.8. The van der Waals surface area contributed by atoms with E-state index in [1.807, 2.05) is 44.2 Å². The minimum Gasteiger partial charge on any atom is -0.508 e. The molecule has 0 fully saturated rings. The molecule has 0 saturated carbocycles. The predicted molar refractivity (Wildman–Crippen MR) is 101 cm³/mol. The first-order chi connectivity index (χ1) is 12.1. The largest absolute Gasteiger partial charge is 0.508 e. The summed E-state index contributed by atoms with van der Waals surface area (Å²) in [5.74, 6) is 0.227. The lowest BCUT2D eigenvalue weighted by Crippen LogP contribution is -2.01. The van der Waals surface area contributed by atoms with E-state index in [1.165, 1.54) is 5.56 Å². The van der Waals surface area contributed by atoms with Gasteiger partial charge in [-0.25, -0.2) is 0 Å². The summed E-state index contributed by atoms with van der Waals surface area (Å²) in [5.41, 5.74) is 2.42. The molecule has 4 heteroatoms. The third kappa shape index (κ3) is 5.68. The zero-order chi connectivity index (χ0) is 18.1. The Balaban J connectivity index is 0.000000242. The molecule has 1 heterocycles. The van der Waals surface area contributed by atoms with Crippen LogP contribution in [0, 0.1) is 0 Å². The van der Waals surface area contributed by atoms with Crippen molar-refractivity contribution in [2.75, 3.05) is 6.61 Å². The van der Waals surface area contributed by atoms with Crippen molar-refractivity contribution in [1.29, 1.82) is 0 Å². The van der Waals surface area contributed by atoms with Crippen LogP contribution in [0.15, 0.2) is 60.8 Å². The summed E-state index contributed by atoms with van der Waals surface area (Å²) in [4.78, 5) is 10.4. The first kappa shape index (κ1) is 18.6. The van der Waals surface area contributed by atoms with Crippen LogP contribution >= 0.6 is 0 Å². The fraction of sp³-hybridized carbons (Fsp3) is 0.286. The van der Waals surface area contributed by atoms with Gasteiger partial charge in [0.05, 0.1) is 6.61 Å². The number of hydrogen-bond acceptors (Lipinski definition) is 3. The molecule has 0 saturated heterocycles. The van der Waals surface area contributed by atoms with Gasteiger partial charge in [-0.2, -0.15) is 0 Å². The van der Waals surface area contributed by atoms with Crippen molar-refractivity contribution in [2.24, 2.45) is 0 Å². The zero-order valence-electron chi connectivity index (χ0n) is 14.8. The van der Waals surface area contributed by atoms with Crippen LogP contribution in [0.2, 0.25) is 0 Å². The first-order valence-corrected chi connectivity index (χ1v) is 8.61. The third-order valence-electron chi connectivity index (χ3n) is 3.71. The Hall–Kier alpha value is -2.75. The van der Waals surface area contributed by atoms with E-state index in [-0.39, 0.29) is 5.97 Å². The second-order valence-corrected chi connectivity index (χ2v) is 5.73. The topological polar surface area (TPSA) is 51.5 Å². The molecule has 4 nitrogen and oxygen atoms in total. The normalized spacial score (nSPS) is 10.2. The lowest BCUT2D eigenvalue weighted by Gasteiger charge is -2.05. The molecule has 132 valence electrons. The lowest BCUT2D eigenvalue weighted by atomic mass is 10.2. The summed E-state index contributed by atoms with van der Waals surface area (Å²) in [5, 5.41) is 10.5. The summed E-state index contributed by atoms with van der Waals surface area (Å²) in [6.45, 7) is 5.12. The van der Waals surface area contributed by atoms with Gasteiger partial charge in [0.25, 0.3) is 0 Å². The van der Waals surface area contributed by atoms with Gasteiger partial charge in [0, 0.05) is 30.1 Å². The summed E-state index contributed by atoms with van der Waals surface area (Å²) in [7, 11) is 0. The number of carbonyl (C=O) groups is 1. The average molecular weight is 339 g/mol. The van der Waals surface area contributed by atoms with Crippen molar-refractivity contribution >= 4 is 16.9 Å². The molecule has 1 N–H and O–H groups in total. The van der Waals surface area contributed by atoms with E-state index in [0.717, 1.165) is 23.9 Å². The Morgan fingerprint density at radius 3 is 2.52 bits per heavy atom. The number of nitrogens with zero attached hydrogens (tertiary/aromatic N) is 1. The van der Waals surface area contributed by atoms with Gasteiger partial charge in [-0.15, -0.1) is 0 Å². The Bertz CT molecular complexity index is 785. The van der Waals surface area contributed by atoms with E-state index in [0.29, 0.717) is 18.8 Å². The summed E-state index contributed by atoms with van der Waals surface area (Å²) in [6.07, 6.45) is 3.48. The number of fused-ring (bicyclic) bond motifs is 1. The van der Waals surface area contributed by atoms with Gasteiger partial charge in [0.2, 0.25) is 0 Å². The number of hydrogen-bond donors (Lipinski definition) is 1. The highest BCUT2D eigenvalue weighted by Crippen LogP contribution is 2.21. The van der Waals surface area contributed by atoms with Gasteiger partial charge >= 0.3 is 5.97 Å². The van der Waals surface area contributed by atoms with E-state index in [4.69, 9.17) is 0 Å². The van der Waals surface area contributed by atoms with Crippen molar-refractivity contribution in [3.63, 3.8) is 0 Å². The fourth-order valence-electron chi connectivity index (χ4n) is 2.54. The monoisotopic (exact) mass is 339 g/mol. The number of rotatable bonds is 5. The Morgan fingerprint density at radius 2 is 1.84 bits per heavy atom. The molecule has 0 unspecified atom stereocenters. The maximum Gasteiger partial charge on any atom is 0.305 e. The Kier molecular flexibility index (Phi) is 7.08. The first-order valence-electron chi connectivity index (χ1n) is 8.61. The minimum absolute atomic E-state index is 0.0880. The Morgan fingerprint density at radius 1 is 1.08 bits per heavy atom. The quantitative estimate of drug-likeness (QED) is 0.683. The lowest BCUT2D eigenvalue weighted by molar-refractivity contribution is -0.143. The van der Waals surface area contributed by atoms with Crippen LogP contribution in [0.4, 0.5) is 0 Å². The number of esters is 1. The smallest absolute Gasteiger partial charge is 0.305 e. The fourth-order valence-corrected chi connectivity index (χ4v) is 2.54. The van der Waals surface area contributed by atoms with E-state index >= 15 is 0 Å². The predicted octanol–water partition coefficient (Wildman–Crippen LogP) is 4.74.